The van der Waals surface area contributed by atoms with Crippen molar-refractivity contribution in [3.05, 3.63) is 59.7 Å². The Hall–Kier alpha value is -4.00. The Labute approximate surface area is 202 Å². The third-order valence-electron chi connectivity index (χ3n) is 7.20. The minimum atomic E-state index is -0.0279. The zero-order valence-corrected chi connectivity index (χ0v) is 19.5. The van der Waals surface area contributed by atoms with Crippen LogP contribution in [0.4, 0.5) is 17.1 Å². The maximum Gasteiger partial charge on any atom is 0.196 e. The number of carbonyl (C=O) groups is 1. The summed E-state index contributed by atoms with van der Waals surface area (Å²) in [5, 5.41) is 8.79. The quantitative estimate of drug-likeness (QED) is 0.360. The molecule has 3 aromatic carbocycles. The van der Waals surface area contributed by atoms with Crippen LogP contribution in [0.3, 0.4) is 0 Å². The van der Waals surface area contributed by atoms with E-state index in [1.165, 1.54) is 6.42 Å². The van der Waals surface area contributed by atoms with Gasteiger partial charge in [0, 0.05) is 36.0 Å². The van der Waals surface area contributed by atoms with Crippen LogP contribution >= 0.6 is 0 Å². The molecule has 0 amide bonds. The van der Waals surface area contributed by atoms with Crippen LogP contribution in [-0.2, 0) is 0 Å². The standard InChI is InChI=1S/C28H25N3O4/c1-16-5-4-10-31(15-16)21-14-20(29-17-8-9-22-23(13-17)34-12-11-33-22)24-25-26(21)30-35-28(25)19-7-3-2-6-18(19)27(24)32/h2-3,6-9,13-14,16,29H,4-5,10-12,15H2,1H3. The number of ketones is 1. The first-order valence-corrected chi connectivity index (χ1v) is 12.2. The highest BCUT2D eigenvalue weighted by atomic mass is 16.6. The molecule has 0 radical (unpaired) electrons. The molecule has 1 atom stereocenters. The van der Waals surface area contributed by atoms with Gasteiger partial charge in [0.05, 0.1) is 22.3 Å². The van der Waals surface area contributed by atoms with E-state index in [0.29, 0.717) is 41.8 Å². The van der Waals surface area contributed by atoms with Gasteiger partial charge in [-0.1, -0.05) is 36.3 Å². The lowest BCUT2D eigenvalue weighted by Crippen LogP contribution is -2.34. The van der Waals surface area contributed by atoms with Crippen LogP contribution in [0.2, 0.25) is 0 Å². The van der Waals surface area contributed by atoms with E-state index >= 15 is 0 Å². The molecule has 1 fully saturated rings. The van der Waals surface area contributed by atoms with Gasteiger partial charge in [0.2, 0.25) is 0 Å². The number of nitrogens with one attached hydrogen (secondary N) is 1. The molecule has 7 heteroatoms. The number of ether oxygens (including phenoxy) is 2. The molecule has 0 saturated carbocycles. The van der Waals surface area contributed by atoms with Gasteiger partial charge >= 0.3 is 0 Å². The van der Waals surface area contributed by atoms with Crippen LogP contribution in [0.5, 0.6) is 11.5 Å². The van der Waals surface area contributed by atoms with Crippen LogP contribution < -0.4 is 19.7 Å². The lowest BCUT2D eigenvalue weighted by molar-refractivity contribution is 0.104. The monoisotopic (exact) mass is 467 g/mol. The summed E-state index contributed by atoms with van der Waals surface area (Å²) in [6, 6.07) is 15.4. The summed E-state index contributed by atoms with van der Waals surface area (Å²) < 4.78 is 17.4. The Morgan fingerprint density at radius 3 is 2.71 bits per heavy atom. The van der Waals surface area contributed by atoms with Gasteiger partial charge in [-0.15, -0.1) is 0 Å². The Balaban J connectivity index is 1.43. The lowest BCUT2D eigenvalue weighted by atomic mass is 9.86. The Kier molecular flexibility index (Phi) is 4.52. The van der Waals surface area contributed by atoms with E-state index in [0.717, 1.165) is 58.8 Å². The molecule has 3 heterocycles. The topological polar surface area (TPSA) is 76.8 Å². The van der Waals surface area contributed by atoms with Gasteiger partial charge in [-0.25, -0.2) is 0 Å². The van der Waals surface area contributed by atoms with Crippen molar-refractivity contribution in [2.24, 2.45) is 5.92 Å². The zero-order chi connectivity index (χ0) is 23.5. The molecule has 35 heavy (non-hydrogen) atoms. The summed E-state index contributed by atoms with van der Waals surface area (Å²) >= 11 is 0. The number of benzene rings is 3. The fraction of sp³-hybridized carbons (Fsp3) is 0.286. The summed E-state index contributed by atoms with van der Waals surface area (Å²) in [4.78, 5) is 16.2. The van der Waals surface area contributed by atoms with Crippen molar-refractivity contribution in [1.82, 2.24) is 5.16 Å². The molecule has 1 saturated heterocycles. The minimum absolute atomic E-state index is 0.0279. The largest absolute Gasteiger partial charge is 0.486 e. The predicted molar refractivity (Wildman–Crippen MR) is 134 cm³/mol. The first-order valence-electron chi connectivity index (χ1n) is 12.2. The van der Waals surface area contributed by atoms with Gasteiger partial charge in [-0.3, -0.25) is 4.79 Å². The molecule has 7 nitrogen and oxygen atoms in total. The van der Waals surface area contributed by atoms with E-state index in [9.17, 15) is 4.79 Å². The van der Waals surface area contributed by atoms with E-state index in [1.54, 1.807) is 0 Å². The van der Waals surface area contributed by atoms with Crippen LogP contribution in [0.15, 0.2) is 53.1 Å². The van der Waals surface area contributed by atoms with Crippen LogP contribution in [-0.4, -0.2) is 37.2 Å². The van der Waals surface area contributed by atoms with Crippen molar-refractivity contribution in [2.45, 2.75) is 19.8 Å². The summed E-state index contributed by atoms with van der Waals surface area (Å²) in [6.07, 6.45) is 2.35. The molecule has 1 aromatic heterocycles. The normalized spacial score (nSPS) is 18.5. The third kappa shape index (κ3) is 3.18. The first kappa shape index (κ1) is 20.4. The second kappa shape index (κ2) is 7.77. The molecule has 2 aliphatic heterocycles. The summed E-state index contributed by atoms with van der Waals surface area (Å²) in [7, 11) is 0. The second-order valence-electron chi connectivity index (χ2n) is 9.61. The van der Waals surface area contributed by atoms with Gasteiger partial charge in [0.25, 0.3) is 0 Å². The molecule has 1 N–H and O–H groups in total. The third-order valence-corrected chi connectivity index (χ3v) is 7.20. The van der Waals surface area contributed by atoms with Gasteiger partial charge < -0.3 is 24.2 Å². The maximum absolute atomic E-state index is 13.8. The molecule has 1 unspecified atom stereocenters. The molecular weight excluding hydrogens is 442 g/mol. The highest BCUT2D eigenvalue weighted by Gasteiger charge is 2.34. The maximum atomic E-state index is 13.8. The second-order valence-corrected chi connectivity index (χ2v) is 9.61. The van der Waals surface area contributed by atoms with Gasteiger partial charge in [0.15, 0.2) is 23.0 Å². The molecule has 4 aromatic rings. The number of hydrogen-bond acceptors (Lipinski definition) is 7. The van der Waals surface area contributed by atoms with E-state index < -0.39 is 0 Å². The summed E-state index contributed by atoms with van der Waals surface area (Å²) in [5.41, 5.74) is 5.33. The van der Waals surface area contributed by atoms with Crippen molar-refractivity contribution in [1.29, 1.82) is 0 Å². The van der Waals surface area contributed by atoms with Crippen LogP contribution in [0, 0.1) is 5.92 Å². The predicted octanol–water partition coefficient (Wildman–Crippen LogP) is 5.79. The zero-order valence-electron chi connectivity index (χ0n) is 19.5. The fourth-order valence-corrected chi connectivity index (χ4v) is 5.57. The number of piperidine rings is 1. The molecule has 0 spiro atoms. The van der Waals surface area contributed by atoms with E-state index in [2.05, 4.69) is 28.4 Å². The van der Waals surface area contributed by atoms with Crippen molar-refractivity contribution >= 4 is 33.7 Å². The molecular formula is C28H25N3O4. The molecule has 1 aliphatic carbocycles. The average Bonchev–Trinajstić information content (AvgIpc) is 3.33. The van der Waals surface area contributed by atoms with Crippen molar-refractivity contribution in [3.8, 4) is 22.8 Å². The number of aromatic nitrogens is 1. The van der Waals surface area contributed by atoms with E-state index in [1.807, 2.05) is 42.5 Å². The van der Waals surface area contributed by atoms with Crippen molar-refractivity contribution in [2.75, 3.05) is 36.5 Å². The lowest BCUT2D eigenvalue weighted by Gasteiger charge is -2.33. The highest BCUT2D eigenvalue weighted by molar-refractivity contribution is 6.28. The smallest absolute Gasteiger partial charge is 0.196 e. The molecule has 176 valence electrons. The Morgan fingerprint density at radius 2 is 1.86 bits per heavy atom. The number of nitrogens with zero attached hydrogens (tertiary/aromatic N) is 2. The number of hydrogen-bond donors (Lipinski definition) is 1. The molecule has 3 aliphatic rings. The van der Waals surface area contributed by atoms with Gasteiger partial charge in [0.1, 0.15) is 18.7 Å². The first-order chi connectivity index (χ1) is 17.2. The SMILES string of the molecule is CC1CCCN(c2cc(Nc3ccc4c(c3)OCCO4)c3c4c(onc24)-c2ccccc2C3=O)C1. The fourth-order valence-electron chi connectivity index (χ4n) is 5.57. The number of carbonyl (C=O) groups excluding carboxylic acids is 1. The average molecular weight is 468 g/mol. The summed E-state index contributed by atoms with van der Waals surface area (Å²) in [6.45, 7) is 5.25. The van der Waals surface area contributed by atoms with Crippen molar-refractivity contribution < 1.29 is 18.8 Å². The summed E-state index contributed by atoms with van der Waals surface area (Å²) in [5.74, 6) is 2.65. The van der Waals surface area contributed by atoms with Crippen molar-refractivity contribution in [3.63, 3.8) is 0 Å². The number of anilines is 3. The number of rotatable bonds is 3. The Bertz CT molecular complexity index is 1490. The highest BCUT2D eigenvalue weighted by Crippen LogP contribution is 2.47. The minimum Gasteiger partial charge on any atom is -0.486 e. The Morgan fingerprint density at radius 1 is 1.03 bits per heavy atom. The molecule has 7 rings (SSSR count). The van der Waals surface area contributed by atoms with Gasteiger partial charge in [-0.2, -0.15) is 0 Å². The molecule has 0 bridgehead atoms. The van der Waals surface area contributed by atoms with E-state index in [4.69, 9.17) is 14.0 Å². The van der Waals surface area contributed by atoms with Gasteiger partial charge in [-0.05, 0) is 37.0 Å². The van der Waals surface area contributed by atoms with Crippen LogP contribution in [0.25, 0.3) is 22.2 Å². The van der Waals surface area contributed by atoms with Crippen LogP contribution in [0.1, 0.15) is 35.7 Å². The number of fused-ring (bicyclic) bond motifs is 3. The van der Waals surface area contributed by atoms with E-state index in [-0.39, 0.29) is 5.78 Å².